The Morgan fingerprint density at radius 1 is 0.575 bits per heavy atom. The molecule has 0 aliphatic rings. The van der Waals surface area contributed by atoms with E-state index >= 15 is 0 Å². The number of fused-ring (bicyclic) bond motifs is 7. The Bertz CT molecular complexity index is 2220. The fourth-order valence-electron chi connectivity index (χ4n) is 6.54. The summed E-state index contributed by atoms with van der Waals surface area (Å²) in [5.41, 5.74) is 8.82. The molecule has 0 radical (unpaired) electrons. The second-order valence-corrected chi connectivity index (χ2v) is 11.5. The van der Waals surface area contributed by atoms with Crippen LogP contribution in [0, 0.1) is 0 Å². The molecule has 0 aliphatic heterocycles. The summed E-state index contributed by atoms with van der Waals surface area (Å²) in [6.45, 7) is 4.36. The summed E-state index contributed by atoms with van der Waals surface area (Å²) < 4.78 is 7.48. The van der Waals surface area contributed by atoms with Crippen molar-refractivity contribution in [3.8, 4) is 11.4 Å². The quantitative estimate of drug-likeness (QED) is 0.213. The lowest BCUT2D eigenvalue weighted by atomic mass is 10.1. The maximum atomic E-state index is 2.44. The number of allylic oxidation sites excluding steroid dienone is 1. The van der Waals surface area contributed by atoms with Crippen LogP contribution in [0.2, 0.25) is 0 Å². The molecule has 0 amide bonds. The molecule has 0 bridgehead atoms. The number of benzene rings is 5. The molecule has 0 unspecified atom stereocenters. The van der Waals surface area contributed by atoms with E-state index in [9.17, 15) is 0 Å². The van der Waals surface area contributed by atoms with Gasteiger partial charge < -0.3 is 9.13 Å². The highest BCUT2D eigenvalue weighted by Gasteiger charge is 2.17. The van der Waals surface area contributed by atoms with Gasteiger partial charge in [-0.2, -0.15) is 0 Å². The molecule has 0 fully saturated rings. The lowest BCUT2D eigenvalue weighted by Gasteiger charge is -2.11. The molecule has 3 aromatic heterocycles. The van der Waals surface area contributed by atoms with Crippen molar-refractivity contribution in [3.63, 3.8) is 0 Å². The van der Waals surface area contributed by atoms with Crippen molar-refractivity contribution in [2.75, 3.05) is 0 Å². The first-order valence-electron chi connectivity index (χ1n) is 14.0. The van der Waals surface area contributed by atoms with E-state index in [1.807, 2.05) is 11.3 Å². The standard InChI is InChI=1S/C37H28N2S/c1-3-11-32-26(4-2)27-12-5-8-15-33(27)38(32)24-18-20-36-30(22-24)31-23-25(19-21-37(31)40-36)39-34-16-9-6-13-28(34)29-14-7-10-17-35(29)39/h3,5-23H,4H2,1-2H3/b11-3-. The van der Waals surface area contributed by atoms with Gasteiger partial charge in [-0.15, -0.1) is 11.3 Å². The summed E-state index contributed by atoms with van der Waals surface area (Å²) >= 11 is 1.87. The van der Waals surface area contributed by atoms with Crippen LogP contribution < -0.4 is 0 Å². The van der Waals surface area contributed by atoms with E-state index in [1.165, 1.54) is 75.5 Å². The van der Waals surface area contributed by atoms with Gasteiger partial charge in [0.1, 0.15) is 0 Å². The van der Waals surface area contributed by atoms with E-state index in [0.717, 1.165) is 6.42 Å². The normalized spacial score (nSPS) is 12.2. The number of hydrogen-bond acceptors (Lipinski definition) is 1. The molecule has 2 nitrogen and oxygen atoms in total. The van der Waals surface area contributed by atoms with Crippen molar-refractivity contribution >= 4 is 70.3 Å². The third-order valence-electron chi connectivity index (χ3n) is 8.23. The summed E-state index contributed by atoms with van der Waals surface area (Å²) in [4.78, 5) is 0. The first-order valence-corrected chi connectivity index (χ1v) is 14.8. The minimum Gasteiger partial charge on any atom is -0.310 e. The Morgan fingerprint density at radius 3 is 1.62 bits per heavy atom. The zero-order valence-electron chi connectivity index (χ0n) is 22.6. The highest BCUT2D eigenvalue weighted by molar-refractivity contribution is 7.25. The molecule has 0 aliphatic carbocycles. The van der Waals surface area contributed by atoms with Crippen LogP contribution in [0.5, 0.6) is 0 Å². The Morgan fingerprint density at radius 2 is 1.07 bits per heavy atom. The Kier molecular flexibility index (Phi) is 5.23. The topological polar surface area (TPSA) is 9.86 Å². The van der Waals surface area contributed by atoms with E-state index in [0.29, 0.717) is 0 Å². The third kappa shape index (κ3) is 3.28. The maximum absolute atomic E-state index is 2.44. The lowest BCUT2D eigenvalue weighted by molar-refractivity contribution is 1.06. The van der Waals surface area contributed by atoms with Gasteiger partial charge in [-0.1, -0.05) is 67.6 Å². The average Bonchev–Trinajstić information content (AvgIpc) is 3.64. The number of aromatic nitrogens is 2. The maximum Gasteiger partial charge on any atom is 0.0541 e. The van der Waals surface area contributed by atoms with E-state index in [-0.39, 0.29) is 0 Å². The van der Waals surface area contributed by atoms with Crippen LogP contribution >= 0.6 is 11.3 Å². The minimum atomic E-state index is 0.999. The van der Waals surface area contributed by atoms with Gasteiger partial charge in [0.25, 0.3) is 0 Å². The van der Waals surface area contributed by atoms with E-state index in [1.54, 1.807) is 0 Å². The van der Waals surface area contributed by atoms with Gasteiger partial charge in [-0.05, 0) is 79.6 Å². The summed E-state index contributed by atoms with van der Waals surface area (Å²) in [5.74, 6) is 0. The minimum absolute atomic E-state index is 0.999. The second kappa shape index (κ2) is 8.97. The van der Waals surface area contributed by atoms with Gasteiger partial charge in [0.2, 0.25) is 0 Å². The van der Waals surface area contributed by atoms with Gasteiger partial charge in [0.05, 0.1) is 16.6 Å². The smallest absolute Gasteiger partial charge is 0.0541 e. The molecule has 5 aromatic carbocycles. The number of nitrogens with zero attached hydrogens (tertiary/aromatic N) is 2. The lowest BCUT2D eigenvalue weighted by Crippen LogP contribution is -1.97. The number of thiophene rings is 1. The van der Waals surface area contributed by atoms with Crippen molar-refractivity contribution < 1.29 is 0 Å². The summed E-state index contributed by atoms with van der Waals surface area (Å²) in [6.07, 6.45) is 5.41. The van der Waals surface area contributed by atoms with Gasteiger partial charge in [0.15, 0.2) is 0 Å². The van der Waals surface area contributed by atoms with Crippen molar-refractivity contribution in [1.82, 2.24) is 9.13 Å². The number of aryl methyl sites for hydroxylation is 1. The van der Waals surface area contributed by atoms with Gasteiger partial charge in [0, 0.05) is 53.4 Å². The van der Waals surface area contributed by atoms with E-state index in [4.69, 9.17) is 0 Å². The fraction of sp³-hybridized carbons (Fsp3) is 0.0811. The molecule has 192 valence electrons. The van der Waals surface area contributed by atoms with Crippen LogP contribution in [0.25, 0.3) is 70.3 Å². The summed E-state index contributed by atoms with van der Waals surface area (Å²) in [5, 5.41) is 6.53. The van der Waals surface area contributed by atoms with Crippen LogP contribution in [-0.2, 0) is 6.42 Å². The number of hydrogen-bond donors (Lipinski definition) is 0. The highest BCUT2D eigenvalue weighted by Crippen LogP contribution is 2.40. The van der Waals surface area contributed by atoms with Gasteiger partial charge >= 0.3 is 0 Å². The molecule has 0 spiro atoms. The predicted molar refractivity (Wildman–Crippen MR) is 175 cm³/mol. The van der Waals surface area contributed by atoms with Gasteiger partial charge in [-0.3, -0.25) is 0 Å². The Balaban J connectivity index is 1.40. The fourth-order valence-corrected chi connectivity index (χ4v) is 7.61. The molecule has 3 heteroatoms. The largest absolute Gasteiger partial charge is 0.310 e. The van der Waals surface area contributed by atoms with Gasteiger partial charge in [-0.25, -0.2) is 0 Å². The van der Waals surface area contributed by atoms with Crippen molar-refractivity contribution in [2.24, 2.45) is 0 Å². The number of para-hydroxylation sites is 3. The number of rotatable bonds is 4. The van der Waals surface area contributed by atoms with Crippen molar-refractivity contribution in [3.05, 3.63) is 127 Å². The first kappa shape index (κ1) is 23.3. The molecular formula is C37H28N2S. The van der Waals surface area contributed by atoms with E-state index in [2.05, 4.69) is 144 Å². The van der Waals surface area contributed by atoms with Crippen LogP contribution in [0.3, 0.4) is 0 Å². The molecule has 3 heterocycles. The first-order chi connectivity index (χ1) is 19.8. The molecule has 0 saturated carbocycles. The molecule has 40 heavy (non-hydrogen) atoms. The van der Waals surface area contributed by atoms with Crippen LogP contribution in [0.1, 0.15) is 25.1 Å². The van der Waals surface area contributed by atoms with Crippen LogP contribution in [-0.4, -0.2) is 9.13 Å². The zero-order chi connectivity index (χ0) is 26.8. The SMILES string of the molecule is C/C=C\c1c(CC)c2ccccc2n1-c1ccc2sc3ccc(-n4c5ccccc5c5ccccc54)cc3c2c1. The van der Waals surface area contributed by atoms with Crippen molar-refractivity contribution in [2.45, 2.75) is 20.3 Å². The monoisotopic (exact) mass is 532 g/mol. The molecular weight excluding hydrogens is 504 g/mol. The molecule has 8 aromatic rings. The highest BCUT2D eigenvalue weighted by atomic mass is 32.1. The zero-order valence-corrected chi connectivity index (χ0v) is 23.4. The third-order valence-corrected chi connectivity index (χ3v) is 9.38. The summed E-state index contributed by atoms with van der Waals surface area (Å²) in [6, 6.07) is 40.2. The molecule has 8 rings (SSSR count). The molecule has 0 saturated heterocycles. The second-order valence-electron chi connectivity index (χ2n) is 10.4. The Labute approximate surface area is 237 Å². The molecule has 0 atom stereocenters. The van der Waals surface area contributed by atoms with Crippen LogP contribution in [0.4, 0.5) is 0 Å². The summed E-state index contributed by atoms with van der Waals surface area (Å²) in [7, 11) is 0. The average molecular weight is 533 g/mol. The Hall–Kier alpha value is -4.60. The molecule has 0 N–H and O–H groups in total. The predicted octanol–water partition coefficient (Wildman–Crippen LogP) is 10.7. The van der Waals surface area contributed by atoms with Crippen LogP contribution in [0.15, 0.2) is 115 Å². The van der Waals surface area contributed by atoms with E-state index < -0.39 is 0 Å². The van der Waals surface area contributed by atoms with Crippen molar-refractivity contribution in [1.29, 1.82) is 0 Å².